The van der Waals surface area contributed by atoms with Crippen molar-refractivity contribution in [3.63, 3.8) is 0 Å². The van der Waals surface area contributed by atoms with Gasteiger partial charge in [-0.25, -0.2) is 0 Å². The molecule has 0 spiro atoms. The lowest BCUT2D eigenvalue weighted by molar-refractivity contribution is -0.143. The Morgan fingerprint density at radius 2 is 0.676 bits per heavy atom. The van der Waals surface area contributed by atoms with E-state index < -0.39 is 12.1 Å². The number of ether oxygens (including phenoxy) is 1. The van der Waals surface area contributed by atoms with E-state index in [9.17, 15) is 19.8 Å². The molecule has 0 aliphatic carbocycles. The third-order valence-electron chi connectivity index (χ3n) is 14.6. The number of aliphatic hydroxyl groups excluding tert-OH is 2. The van der Waals surface area contributed by atoms with E-state index in [1.165, 1.54) is 283 Å². The van der Waals surface area contributed by atoms with Crippen molar-refractivity contribution in [2.45, 2.75) is 360 Å². The third-order valence-corrected chi connectivity index (χ3v) is 14.6. The second-order valence-corrected chi connectivity index (χ2v) is 21.4. The van der Waals surface area contributed by atoms with E-state index in [1.54, 1.807) is 6.08 Å². The van der Waals surface area contributed by atoms with Gasteiger partial charge in [0.2, 0.25) is 5.91 Å². The number of aliphatic hydroxyl groups is 2. The second-order valence-electron chi connectivity index (χ2n) is 21.4. The van der Waals surface area contributed by atoms with Gasteiger partial charge in [0.15, 0.2) is 0 Å². The van der Waals surface area contributed by atoms with E-state index in [-0.39, 0.29) is 18.5 Å². The van der Waals surface area contributed by atoms with Crippen molar-refractivity contribution < 1.29 is 24.5 Å². The van der Waals surface area contributed by atoms with Crippen LogP contribution in [0.4, 0.5) is 0 Å². The molecular weight excluding hydrogens is 839 g/mol. The molecule has 0 aromatic carbocycles. The van der Waals surface area contributed by atoms with E-state index in [1.807, 2.05) is 6.08 Å². The first-order valence-electron chi connectivity index (χ1n) is 31.0. The standard InChI is InChI=1S/C62H121NO5/c1-3-5-7-9-11-13-15-16-17-25-28-31-35-38-42-46-50-54-60(65)59(58-64)63-61(66)55-51-47-43-39-36-32-29-26-23-21-19-18-20-22-24-27-30-33-37-41-45-49-53-57-68-62(67)56-52-48-44-40-34-14-12-10-8-6-4-2/h50,54,59-60,64-65H,3-49,51-53,55-58H2,1-2H3,(H,63,66)/b54-50+. The van der Waals surface area contributed by atoms with Crippen molar-refractivity contribution in [2.75, 3.05) is 13.2 Å². The van der Waals surface area contributed by atoms with Crippen LogP contribution >= 0.6 is 0 Å². The first kappa shape index (κ1) is 66.6. The van der Waals surface area contributed by atoms with Crippen molar-refractivity contribution >= 4 is 11.9 Å². The summed E-state index contributed by atoms with van der Waals surface area (Å²) in [5, 5.41) is 23.2. The molecule has 0 rings (SSSR count). The number of nitrogens with one attached hydrogen (secondary N) is 1. The Morgan fingerprint density at radius 3 is 1.00 bits per heavy atom. The Bertz CT molecular complexity index is 1020. The van der Waals surface area contributed by atoms with Gasteiger partial charge >= 0.3 is 5.97 Å². The molecule has 0 bridgehead atoms. The summed E-state index contributed by atoms with van der Waals surface area (Å²) in [4.78, 5) is 24.5. The van der Waals surface area contributed by atoms with Crippen LogP contribution in [0.2, 0.25) is 0 Å². The maximum absolute atomic E-state index is 12.5. The van der Waals surface area contributed by atoms with Gasteiger partial charge in [-0.15, -0.1) is 0 Å². The highest BCUT2D eigenvalue weighted by Gasteiger charge is 2.18. The molecule has 6 nitrogen and oxygen atoms in total. The lowest BCUT2D eigenvalue weighted by Gasteiger charge is -2.20. The Morgan fingerprint density at radius 1 is 0.397 bits per heavy atom. The fourth-order valence-corrected chi connectivity index (χ4v) is 9.81. The van der Waals surface area contributed by atoms with Gasteiger partial charge in [-0.05, 0) is 32.1 Å². The molecule has 0 radical (unpaired) electrons. The number of carbonyl (C=O) groups excluding carboxylic acids is 2. The predicted octanol–water partition coefficient (Wildman–Crippen LogP) is 19.2. The largest absolute Gasteiger partial charge is 0.466 e. The normalized spacial score (nSPS) is 12.6. The fourth-order valence-electron chi connectivity index (χ4n) is 9.81. The molecular formula is C62H121NO5. The molecule has 0 aromatic rings. The molecule has 1 amide bonds. The molecule has 0 saturated heterocycles. The Labute approximate surface area is 425 Å². The van der Waals surface area contributed by atoms with Crippen LogP contribution in [0.15, 0.2) is 12.2 Å². The molecule has 2 unspecified atom stereocenters. The molecule has 68 heavy (non-hydrogen) atoms. The van der Waals surface area contributed by atoms with Gasteiger partial charge in [-0.2, -0.15) is 0 Å². The minimum atomic E-state index is -0.843. The van der Waals surface area contributed by atoms with E-state index in [4.69, 9.17) is 4.74 Å². The van der Waals surface area contributed by atoms with Crippen LogP contribution in [0.1, 0.15) is 348 Å². The highest BCUT2D eigenvalue weighted by Crippen LogP contribution is 2.18. The van der Waals surface area contributed by atoms with Crippen LogP contribution in [0.25, 0.3) is 0 Å². The summed E-state index contributed by atoms with van der Waals surface area (Å²) in [7, 11) is 0. The Balaban J connectivity index is 3.40. The molecule has 6 heteroatoms. The van der Waals surface area contributed by atoms with Gasteiger partial charge in [-0.1, -0.05) is 315 Å². The van der Waals surface area contributed by atoms with Crippen molar-refractivity contribution in [1.29, 1.82) is 0 Å². The smallest absolute Gasteiger partial charge is 0.305 e. The molecule has 0 saturated carbocycles. The number of hydrogen-bond donors (Lipinski definition) is 3. The number of unbranched alkanes of at least 4 members (excludes halogenated alkanes) is 47. The summed E-state index contributed by atoms with van der Waals surface area (Å²) in [6.45, 7) is 4.93. The van der Waals surface area contributed by atoms with E-state index in [2.05, 4.69) is 19.2 Å². The van der Waals surface area contributed by atoms with Crippen LogP contribution in [-0.4, -0.2) is 47.4 Å². The summed E-state index contributed by atoms with van der Waals surface area (Å²) < 4.78 is 5.47. The Kier molecular flexibility index (Phi) is 57.0. The molecule has 2 atom stereocenters. The number of carbonyl (C=O) groups is 2. The highest BCUT2D eigenvalue weighted by molar-refractivity contribution is 5.76. The quantitative estimate of drug-likeness (QED) is 0.0321. The van der Waals surface area contributed by atoms with Crippen LogP contribution in [0, 0.1) is 0 Å². The molecule has 0 heterocycles. The lowest BCUT2D eigenvalue weighted by atomic mass is 10.0. The van der Waals surface area contributed by atoms with Gasteiger partial charge in [0.1, 0.15) is 0 Å². The van der Waals surface area contributed by atoms with Crippen molar-refractivity contribution in [3.8, 4) is 0 Å². The summed E-state index contributed by atoms with van der Waals surface area (Å²) in [5.74, 6) is -0.0504. The number of esters is 1. The van der Waals surface area contributed by atoms with E-state index in [0.717, 1.165) is 38.5 Å². The number of hydrogen-bond acceptors (Lipinski definition) is 5. The summed E-state index contributed by atoms with van der Waals surface area (Å²) >= 11 is 0. The zero-order chi connectivity index (χ0) is 49.3. The predicted molar refractivity (Wildman–Crippen MR) is 297 cm³/mol. The monoisotopic (exact) mass is 960 g/mol. The van der Waals surface area contributed by atoms with Crippen LogP contribution in [0.5, 0.6) is 0 Å². The SMILES string of the molecule is CCCCCCCCCCCCCCCCC/C=C/C(O)C(CO)NC(=O)CCCCCCCCCCCCCCCCCCCCCCCCCOC(=O)CCCCCCCCCCCCC. The molecule has 0 aliphatic rings. The van der Waals surface area contributed by atoms with E-state index in [0.29, 0.717) is 19.4 Å². The van der Waals surface area contributed by atoms with Crippen molar-refractivity contribution in [2.24, 2.45) is 0 Å². The van der Waals surface area contributed by atoms with Crippen LogP contribution < -0.4 is 5.32 Å². The first-order chi connectivity index (χ1) is 33.5. The summed E-state index contributed by atoms with van der Waals surface area (Å²) in [6, 6.07) is -0.626. The third kappa shape index (κ3) is 53.9. The van der Waals surface area contributed by atoms with Gasteiger partial charge in [0.05, 0.1) is 25.4 Å². The van der Waals surface area contributed by atoms with Crippen molar-refractivity contribution in [1.82, 2.24) is 5.32 Å². The number of amides is 1. The molecule has 404 valence electrons. The average Bonchev–Trinajstić information content (AvgIpc) is 3.34. The van der Waals surface area contributed by atoms with Gasteiger partial charge in [-0.3, -0.25) is 9.59 Å². The summed E-state index contributed by atoms with van der Waals surface area (Å²) in [6.07, 6.45) is 69.6. The topological polar surface area (TPSA) is 95.9 Å². The minimum Gasteiger partial charge on any atom is -0.466 e. The van der Waals surface area contributed by atoms with E-state index >= 15 is 0 Å². The number of rotatable bonds is 58. The average molecular weight is 961 g/mol. The first-order valence-corrected chi connectivity index (χ1v) is 31.0. The maximum Gasteiger partial charge on any atom is 0.305 e. The van der Waals surface area contributed by atoms with Gasteiger partial charge in [0, 0.05) is 12.8 Å². The number of allylic oxidation sites excluding steroid dienone is 1. The molecule has 3 N–H and O–H groups in total. The van der Waals surface area contributed by atoms with Gasteiger partial charge in [0.25, 0.3) is 0 Å². The second kappa shape index (κ2) is 58.2. The fraction of sp³-hybridized carbons (Fsp3) is 0.935. The van der Waals surface area contributed by atoms with Crippen LogP contribution in [-0.2, 0) is 14.3 Å². The highest BCUT2D eigenvalue weighted by atomic mass is 16.5. The molecule has 0 fully saturated rings. The minimum absolute atomic E-state index is 0.0141. The summed E-state index contributed by atoms with van der Waals surface area (Å²) in [5.41, 5.74) is 0. The lowest BCUT2D eigenvalue weighted by Crippen LogP contribution is -2.45. The molecule has 0 aromatic heterocycles. The zero-order valence-electron chi connectivity index (χ0n) is 46.1. The Hall–Kier alpha value is -1.40. The van der Waals surface area contributed by atoms with Crippen LogP contribution in [0.3, 0.4) is 0 Å². The molecule has 0 aliphatic heterocycles. The van der Waals surface area contributed by atoms with Gasteiger partial charge < -0.3 is 20.3 Å². The zero-order valence-corrected chi connectivity index (χ0v) is 46.1. The van der Waals surface area contributed by atoms with Crippen molar-refractivity contribution in [3.05, 3.63) is 12.2 Å². The maximum atomic E-state index is 12.5.